The number of para-hydroxylation sites is 1. The SMILES string of the molecule is Cc1cc2oc(=O)cc(CN3CCN(c4ccccc4Cl)CC3)c2cc1C(C)C. The molecule has 0 aliphatic carbocycles. The van der Waals surface area contributed by atoms with Crippen molar-refractivity contribution in [3.8, 4) is 0 Å². The maximum atomic E-state index is 12.1. The summed E-state index contributed by atoms with van der Waals surface area (Å²) in [5.74, 6) is 0.429. The van der Waals surface area contributed by atoms with Crippen LogP contribution in [0.1, 0.15) is 36.5 Å². The van der Waals surface area contributed by atoms with Crippen LogP contribution in [0.2, 0.25) is 5.02 Å². The van der Waals surface area contributed by atoms with Crippen molar-refractivity contribution in [2.24, 2.45) is 0 Å². The van der Waals surface area contributed by atoms with Crippen LogP contribution in [-0.4, -0.2) is 31.1 Å². The first kappa shape index (κ1) is 20.0. The molecule has 0 spiro atoms. The number of aryl methyl sites for hydroxylation is 1. The number of halogens is 1. The quantitative estimate of drug-likeness (QED) is 0.554. The zero-order valence-corrected chi connectivity index (χ0v) is 18.0. The van der Waals surface area contributed by atoms with Crippen LogP contribution in [0.4, 0.5) is 5.69 Å². The molecule has 5 heteroatoms. The van der Waals surface area contributed by atoms with E-state index in [0.717, 1.165) is 54.4 Å². The van der Waals surface area contributed by atoms with E-state index in [2.05, 4.69) is 42.7 Å². The van der Waals surface area contributed by atoms with Crippen LogP contribution in [0.25, 0.3) is 11.0 Å². The largest absolute Gasteiger partial charge is 0.423 e. The van der Waals surface area contributed by atoms with Gasteiger partial charge in [0.2, 0.25) is 0 Å². The van der Waals surface area contributed by atoms with Crippen LogP contribution in [0.15, 0.2) is 51.7 Å². The Morgan fingerprint density at radius 2 is 1.79 bits per heavy atom. The summed E-state index contributed by atoms with van der Waals surface area (Å²) in [6.45, 7) is 10.9. The maximum Gasteiger partial charge on any atom is 0.336 e. The van der Waals surface area contributed by atoms with Gasteiger partial charge in [-0.15, -0.1) is 0 Å². The van der Waals surface area contributed by atoms with Crippen LogP contribution >= 0.6 is 11.6 Å². The fourth-order valence-corrected chi connectivity index (χ4v) is 4.50. The minimum absolute atomic E-state index is 0.279. The predicted molar refractivity (Wildman–Crippen MR) is 120 cm³/mol. The summed E-state index contributed by atoms with van der Waals surface area (Å²) >= 11 is 6.36. The standard InChI is InChI=1S/C24H27ClN2O2/c1-16(2)19-14-20-18(13-24(28)29-23(20)12-17(19)3)15-26-8-10-27(11-9-26)22-7-5-4-6-21(22)25/h4-7,12-14,16H,8-11,15H2,1-3H3. The average Bonchev–Trinajstić information content (AvgIpc) is 2.68. The second-order valence-corrected chi connectivity index (χ2v) is 8.57. The van der Waals surface area contributed by atoms with E-state index in [4.69, 9.17) is 16.0 Å². The molecule has 0 unspecified atom stereocenters. The summed E-state index contributed by atoms with van der Waals surface area (Å²) in [6, 6.07) is 13.9. The Labute approximate surface area is 176 Å². The van der Waals surface area contributed by atoms with Gasteiger partial charge in [-0.05, 0) is 53.8 Å². The second kappa shape index (κ2) is 8.21. The van der Waals surface area contributed by atoms with Crippen LogP contribution in [0, 0.1) is 6.92 Å². The summed E-state index contributed by atoms with van der Waals surface area (Å²) < 4.78 is 5.50. The highest BCUT2D eigenvalue weighted by molar-refractivity contribution is 6.33. The zero-order valence-electron chi connectivity index (χ0n) is 17.2. The van der Waals surface area contributed by atoms with E-state index in [9.17, 15) is 4.79 Å². The van der Waals surface area contributed by atoms with Crippen molar-refractivity contribution in [1.82, 2.24) is 4.90 Å². The molecule has 2 heterocycles. The molecule has 29 heavy (non-hydrogen) atoms. The van der Waals surface area contributed by atoms with E-state index >= 15 is 0 Å². The molecule has 0 amide bonds. The van der Waals surface area contributed by atoms with E-state index in [1.807, 2.05) is 24.3 Å². The summed E-state index contributed by atoms with van der Waals surface area (Å²) in [5, 5.41) is 1.84. The van der Waals surface area contributed by atoms with Crippen molar-refractivity contribution >= 4 is 28.3 Å². The summed E-state index contributed by atoms with van der Waals surface area (Å²) in [7, 11) is 0. The van der Waals surface area contributed by atoms with Gasteiger partial charge in [-0.3, -0.25) is 4.90 Å². The van der Waals surface area contributed by atoms with Gasteiger partial charge in [0.05, 0.1) is 10.7 Å². The van der Waals surface area contributed by atoms with E-state index in [0.29, 0.717) is 11.5 Å². The van der Waals surface area contributed by atoms with E-state index in [1.54, 1.807) is 6.07 Å². The molecule has 1 aliphatic heterocycles. The number of hydrogen-bond donors (Lipinski definition) is 0. The highest BCUT2D eigenvalue weighted by Gasteiger charge is 2.20. The fourth-order valence-electron chi connectivity index (χ4n) is 4.24. The first-order valence-electron chi connectivity index (χ1n) is 10.2. The van der Waals surface area contributed by atoms with Gasteiger partial charge >= 0.3 is 5.63 Å². The zero-order chi connectivity index (χ0) is 20.5. The van der Waals surface area contributed by atoms with Gasteiger partial charge in [0.15, 0.2) is 0 Å². The van der Waals surface area contributed by atoms with Crippen molar-refractivity contribution in [2.75, 3.05) is 31.1 Å². The first-order valence-corrected chi connectivity index (χ1v) is 10.6. The van der Waals surface area contributed by atoms with Gasteiger partial charge in [0, 0.05) is 44.2 Å². The molecule has 4 rings (SSSR count). The second-order valence-electron chi connectivity index (χ2n) is 8.16. The molecule has 0 saturated carbocycles. The molecule has 1 saturated heterocycles. The molecule has 1 fully saturated rings. The Bertz CT molecular complexity index is 1080. The van der Waals surface area contributed by atoms with Crippen molar-refractivity contribution in [1.29, 1.82) is 0 Å². The third-order valence-corrected chi connectivity index (χ3v) is 6.12. The highest BCUT2D eigenvalue weighted by atomic mass is 35.5. The highest BCUT2D eigenvalue weighted by Crippen LogP contribution is 2.29. The van der Waals surface area contributed by atoms with E-state index in [-0.39, 0.29) is 5.63 Å². The Morgan fingerprint density at radius 3 is 2.48 bits per heavy atom. The number of rotatable bonds is 4. The fraction of sp³-hybridized carbons (Fsp3) is 0.375. The minimum Gasteiger partial charge on any atom is -0.423 e. The average molecular weight is 411 g/mol. The minimum atomic E-state index is -0.279. The normalized spacial score (nSPS) is 15.4. The first-order chi connectivity index (χ1) is 13.9. The lowest BCUT2D eigenvalue weighted by molar-refractivity contribution is 0.250. The lowest BCUT2D eigenvalue weighted by atomic mass is 9.95. The summed E-state index contributed by atoms with van der Waals surface area (Å²) in [5.41, 5.74) is 5.02. The molecule has 0 N–H and O–H groups in total. The van der Waals surface area contributed by atoms with Gasteiger partial charge in [0.25, 0.3) is 0 Å². The van der Waals surface area contributed by atoms with Crippen molar-refractivity contribution in [3.63, 3.8) is 0 Å². The van der Waals surface area contributed by atoms with Crippen LogP contribution in [0.5, 0.6) is 0 Å². The molecule has 0 atom stereocenters. The van der Waals surface area contributed by atoms with Gasteiger partial charge in [-0.25, -0.2) is 4.79 Å². The smallest absolute Gasteiger partial charge is 0.336 e. The third-order valence-electron chi connectivity index (χ3n) is 5.80. The van der Waals surface area contributed by atoms with Gasteiger partial charge < -0.3 is 9.32 Å². The molecule has 4 nitrogen and oxygen atoms in total. The Kier molecular flexibility index (Phi) is 5.66. The number of hydrogen-bond acceptors (Lipinski definition) is 4. The van der Waals surface area contributed by atoms with Crippen molar-refractivity contribution < 1.29 is 4.42 Å². The number of fused-ring (bicyclic) bond motifs is 1. The molecule has 2 aromatic carbocycles. The van der Waals surface area contributed by atoms with Crippen LogP contribution in [0.3, 0.4) is 0 Å². The maximum absolute atomic E-state index is 12.1. The Hall–Kier alpha value is -2.30. The molecular weight excluding hydrogens is 384 g/mol. The molecule has 1 aromatic heterocycles. The number of anilines is 1. The van der Waals surface area contributed by atoms with E-state index < -0.39 is 0 Å². The molecule has 152 valence electrons. The molecular formula is C24H27ClN2O2. The van der Waals surface area contributed by atoms with Crippen molar-refractivity contribution in [3.05, 3.63) is 74.6 Å². The molecule has 0 bridgehead atoms. The van der Waals surface area contributed by atoms with Gasteiger partial charge in [-0.2, -0.15) is 0 Å². The Morgan fingerprint density at radius 1 is 1.07 bits per heavy atom. The molecule has 1 aliphatic rings. The van der Waals surface area contributed by atoms with Crippen LogP contribution < -0.4 is 10.5 Å². The van der Waals surface area contributed by atoms with Crippen molar-refractivity contribution in [2.45, 2.75) is 33.2 Å². The monoisotopic (exact) mass is 410 g/mol. The van der Waals surface area contributed by atoms with E-state index in [1.165, 1.54) is 11.1 Å². The van der Waals surface area contributed by atoms with Crippen LogP contribution in [-0.2, 0) is 6.54 Å². The number of nitrogens with zero attached hydrogens (tertiary/aromatic N) is 2. The van der Waals surface area contributed by atoms with Gasteiger partial charge in [-0.1, -0.05) is 37.6 Å². The lowest BCUT2D eigenvalue weighted by Gasteiger charge is -2.36. The molecule has 0 radical (unpaired) electrons. The third kappa shape index (κ3) is 4.19. The molecule has 3 aromatic rings. The summed E-state index contributed by atoms with van der Waals surface area (Å²) in [6.07, 6.45) is 0. The number of piperazine rings is 1. The topological polar surface area (TPSA) is 36.7 Å². The summed E-state index contributed by atoms with van der Waals surface area (Å²) in [4.78, 5) is 16.9. The Balaban J connectivity index is 1.56. The number of benzene rings is 2. The lowest BCUT2D eigenvalue weighted by Crippen LogP contribution is -2.46. The van der Waals surface area contributed by atoms with Gasteiger partial charge in [0.1, 0.15) is 5.58 Å². The predicted octanol–water partition coefficient (Wildman–Crippen LogP) is 5.20.